The minimum atomic E-state index is -0.0256. The fourth-order valence-electron chi connectivity index (χ4n) is 2.76. The molecule has 0 unspecified atom stereocenters. The van der Waals surface area contributed by atoms with E-state index in [9.17, 15) is 9.59 Å². The van der Waals surface area contributed by atoms with Gasteiger partial charge in [0.15, 0.2) is 0 Å². The number of nitrogens with zero attached hydrogens (tertiary/aromatic N) is 4. The lowest BCUT2D eigenvalue weighted by atomic mass is 10.1. The van der Waals surface area contributed by atoms with Gasteiger partial charge in [0.25, 0.3) is 0 Å². The Labute approximate surface area is 150 Å². The zero-order chi connectivity index (χ0) is 17.6. The first-order valence-electron chi connectivity index (χ1n) is 8.26. The Balaban J connectivity index is 1.44. The van der Waals surface area contributed by atoms with Crippen molar-refractivity contribution in [3.05, 3.63) is 36.7 Å². The summed E-state index contributed by atoms with van der Waals surface area (Å²) in [5.74, 6) is 0.355. The number of piperidine rings is 1. The molecule has 1 saturated heterocycles. The summed E-state index contributed by atoms with van der Waals surface area (Å²) < 4.78 is 1.69. The Bertz CT molecular complexity index is 726. The molecule has 1 aliphatic rings. The Hall–Kier alpha value is -2.35. The van der Waals surface area contributed by atoms with E-state index >= 15 is 0 Å². The molecule has 0 atom stereocenters. The van der Waals surface area contributed by atoms with Crippen molar-refractivity contribution in [3.8, 4) is 5.69 Å². The van der Waals surface area contributed by atoms with Crippen molar-refractivity contribution in [2.45, 2.75) is 31.0 Å². The predicted octanol–water partition coefficient (Wildman–Crippen LogP) is 1.49. The highest BCUT2D eigenvalue weighted by atomic mass is 32.2. The number of likely N-dealkylation sites (tertiary alicyclic amines) is 1. The van der Waals surface area contributed by atoms with Crippen molar-refractivity contribution in [2.24, 2.45) is 0 Å². The highest BCUT2D eigenvalue weighted by Gasteiger charge is 2.22. The van der Waals surface area contributed by atoms with Gasteiger partial charge in [0.05, 0.1) is 11.4 Å². The van der Waals surface area contributed by atoms with Gasteiger partial charge >= 0.3 is 0 Å². The number of carbonyl (C=O) groups is 2. The van der Waals surface area contributed by atoms with Crippen LogP contribution in [0.5, 0.6) is 0 Å². The van der Waals surface area contributed by atoms with Gasteiger partial charge in [-0.2, -0.15) is 0 Å². The summed E-state index contributed by atoms with van der Waals surface area (Å²) in [4.78, 5) is 29.5. The largest absolute Gasteiger partial charge is 0.353 e. The van der Waals surface area contributed by atoms with E-state index in [0.29, 0.717) is 18.2 Å². The topological polar surface area (TPSA) is 80.1 Å². The Morgan fingerprint density at radius 1 is 1.24 bits per heavy atom. The summed E-state index contributed by atoms with van der Waals surface area (Å²) in [6.45, 7) is 2.99. The molecule has 2 aromatic rings. The average Bonchev–Trinajstić information content (AvgIpc) is 3.10. The molecular formula is C17H21N5O2S. The standard InChI is InChI=1S/C17H21N5O2S/c1-13(23)21-9-7-14(8-10-21)19-16(24)11-25-17-18-12-22(20-17)15-5-3-2-4-6-15/h2-6,12,14H,7-11H2,1H3,(H,19,24). The molecule has 0 radical (unpaired) electrons. The number of aromatic nitrogens is 3. The zero-order valence-corrected chi connectivity index (χ0v) is 14.9. The predicted molar refractivity (Wildman–Crippen MR) is 95.5 cm³/mol. The van der Waals surface area contributed by atoms with Crippen LogP contribution in [-0.2, 0) is 9.59 Å². The van der Waals surface area contributed by atoms with Gasteiger partial charge < -0.3 is 10.2 Å². The van der Waals surface area contributed by atoms with E-state index in [4.69, 9.17) is 0 Å². The van der Waals surface area contributed by atoms with Crippen LogP contribution in [0, 0.1) is 0 Å². The van der Waals surface area contributed by atoms with Crippen molar-refractivity contribution in [1.82, 2.24) is 25.0 Å². The summed E-state index contributed by atoms with van der Waals surface area (Å²) in [5.41, 5.74) is 0.934. The lowest BCUT2D eigenvalue weighted by Crippen LogP contribution is -2.46. The molecular weight excluding hydrogens is 338 g/mol. The fraction of sp³-hybridized carbons (Fsp3) is 0.412. The van der Waals surface area contributed by atoms with Gasteiger partial charge in [-0.25, -0.2) is 9.67 Å². The second-order valence-electron chi connectivity index (χ2n) is 5.94. The van der Waals surface area contributed by atoms with Crippen LogP contribution in [0.15, 0.2) is 41.8 Å². The van der Waals surface area contributed by atoms with Crippen LogP contribution in [0.2, 0.25) is 0 Å². The van der Waals surface area contributed by atoms with Gasteiger partial charge in [-0.3, -0.25) is 9.59 Å². The van der Waals surface area contributed by atoms with Gasteiger partial charge in [-0.05, 0) is 25.0 Å². The SMILES string of the molecule is CC(=O)N1CCC(NC(=O)CSc2ncn(-c3ccccc3)n2)CC1. The van der Waals surface area contributed by atoms with E-state index in [0.717, 1.165) is 18.5 Å². The molecule has 2 amide bonds. The second kappa shape index (κ2) is 8.15. The van der Waals surface area contributed by atoms with E-state index in [1.807, 2.05) is 35.2 Å². The maximum Gasteiger partial charge on any atom is 0.230 e. The fourth-order valence-corrected chi connectivity index (χ4v) is 3.37. The lowest BCUT2D eigenvalue weighted by molar-refractivity contribution is -0.130. The summed E-state index contributed by atoms with van der Waals surface area (Å²) in [7, 11) is 0. The maximum absolute atomic E-state index is 12.1. The van der Waals surface area contributed by atoms with Gasteiger partial charge in [0.1, 0.15) is 6.33 Å². The first kappa shape index (κ1) is 17.5. The number of benzene rings is 1. The number of hydrogen-bond donors (Lipinski definition) is 1. The third-order valence-electron chi connectivity index (χ3n) is 4.13. The van der Waals surface area contributed by atoms with Crippen molar-refractivity contribution in [3.63, 3.8) is 0 Å². The quantitative estimate of drug-likeness (QED) is 0.818. The van der Waals surface area contributed by atoms with Gasteiger partial charge in [0.2, 0.25) is 17.0 Å². The molecule has 0 aliphatic carbocycles. The molecule has 1 aromatic carbocycles. The summed E-state index contributed by atoms with van der Waals surface area (Å²) in [6, 6.07) is 9.86. The summed E-state index contributed by atoms with van der Waals surface area (Å²) in [5, 5.41) is 7.97. The van der Waals surface area contributed by atoms with Gasteiger partial charge in [-0.15, -0.1) is 5.10 Å². The molecule has 1 aliphatic heterocycles. The van der Waals surface area contributed by atoms with Crippen LogP contribution in [0.4, 0.5) is 0 Å². The van der Waals surface area contributed by atoms with Crippen LogP contribution >= 0.6 is 11.8 Å². The van der Waals surface area contributed by atoms with Crippen LogP contribution in [0.25, 0.3) is 5.69 Å². The molecule has 1 fully saturated rings. The normalized spacial score (nSPS) is 15.2. The number of amides is 2. The number of hydrogen-bond acceptors (Lipinski definition) is 5. The van der Waals surface area contributed by atoms with E-state index in [1.165, 1.54) is 11.8 Å². The van der Waals surface area contributed by atoms with Crippen molar-refractivity contribution >= 4 is 23.6 Å². The number of thioether (sulfide) groups is 1. The zero-order valence-electron chi connectivity index (χ0n) is 14.1. The van der Waals surface area contributed by atoms with E-state index in [-0.39, 0.29) is 23.6 Å². The molecule has 0 saturated carbocycles. The van der Waals surface area contributed by atoms with E-state index in [1.54, 1.807) is 17.9 Å². The van der Waals surface area contributed by atoms with Gasteiger partial charge in [-0.1, -0.05) is 30.0 Å². The summed E-state index contributed by atoms with van der Waals surface area (Å²) in [6.07, 6.45) is 3.25. The second-order valence-corrected chi connectivity index (χ2v) is 6.89. The number of rotatable bonds is 5. The molecule has 132 valence electrons. The van der Waals surface area contributed by atoms with Crippen molar-refractivity contribution in [2.75, 3.05) is 18.8 Å². The minimum Gasteiger partial charge on any atom is -0.353 e. The third kappa shape index (κ3) is 4.82. The number of carbonyl (C=O) groups excluding carboxylic acids is 2. The van der Waals surface area contributed by atoms with E-state index in [2.05, 4.69) is 15.4 Å². The van der Waals surface area contributed by atoms with Crippen LogP contribution < -0.4 is 5.32 Å². The first-order chi connectivity index (χ1) is 12.1. The van der Waals surface area contributed by atoms with Crippen molar-refractivity contribution < 1.29 is 9.59 Å². The molecule has 3 rings (SSSR count). The van der Waals surface area contributed by atoms with Crippen LogP contribution in [0.3, 0.4) is 0 Å². The smallest absolute Gasteiger partial charge is 0.230 e. The molecule has 0 bridgehead atoms. The molecule has 1 N–H and O–H groups in total. The molecule has 0 spiro atoms. The van der Waals surface area contributed by atoms with Crippen LogP contribution in [0.1, 0.15) is 19.8 Å². The van der Waals surface area contributed by atoms with E-state index < -0.39 is 0 Å². The molecule has 2 heterocycles. The van der Waals surface area contributed by atoms with Gasteiger partial charge in [0, 0.05) is 26.1 Å². The number of nitrogens with one attached hydrogen (secondary N) is 1. The maximum atomic E-state index is 12.1. The third-order valence-corrected chi connectivity index (χ3v) is 4.98. The highest BCUT2D eigenvalue weighted by Crippen LogP contribution is 2.15. The van der Waals surface area contributed by atoms with Crippen LogP contribution in [-0.4, -0.2) is 56.4 Å². The van der Waals surface area contributed by atoms with Crippen molar-refractivity contribution in [1.29, 1.82) is 0 Å². The summed E-state index contributed by atoms with van der Waals surface area (Å²) >= 11 is 1.32. The first-order valence-corrected chi connectivity index (χ1v) is 9.25. The lowest BCUT2D eigenvalue weighted by Gasteiger charge is -2.31. The number of para-hydroxylation sites is 1. The monoisotopic (exact) mass is 359 g/mol. The molecule has 8 heteroatoms. The Morgan fingerprint density at radius 3 is 2.64 bits per heavy atom. The molecule has 7 nitrogen and oxygen atoms in total. The molecule has 25 heavy (non-hydrogen) atoms. The Morgan fingerprint density at radius 2 is 1.96 bits per heavy atom. The molecule has 1 aromatic heterocycles. The minimum absolute atomic E-state index is 0.0256. The highest BCUT2D eigenvalue weighted by molar-refractivity contribution is 7.99. The Kier molecular flexibility index (Phi) is 5.70. The average molecular weight is 359 g/mol.